The van der Waals surface area contributed by atoms with Crippen LogP contribution >= 0.6 is 11.6 Å². The number of carbonyl (C=O) groups is 2. The molecule has 3 rings (SSSR count). The summed E-state index contributed by atoms with van der Waals surface area (Å²) in [4.78, 5) is 24.1. The Bertz CT molecular complexity index is 962. The highest BCUT2D eigenvalue weighted by Crippen LogP contribution is 2.22. The molecule has 1 heterocycles. The Morgan fingerprint density at radius 3 is 2.68 bits per heavy atom. The minimum atomic E-state index is -0.548. The van der Waals surface area contributed by atoms with Crippen LogP contribution in [0.25, 0.3) is 10.9 Å². The highest BCUT2D eigenvalue weighted by Gasteiger charge is 2.14. The molecule has 1 N–H and O–H groups in total. The number of para-hydroxylation sites is 1. The SMILES string of the molecule is COC(=O)c1cc(NC(=O)Cn2c(C)cc3ccccc32)ccc1Cl. The number of anilines is 1. The van der Waals surface area contributed by atoms with Crippen LogP contribution in [0, 0.1) is 6.92 Å². The van der Waals surface area contributed by atoms with Gasteiger partial charge in [-0.05, 0) is 42.6 Å². The molecule has 2 aromatic carbocycles. The zero-order valence-electron chi connectivity index (χ0n) is 13.9. The molecule has 0 aliphatic rings. The molecule has 0 unspecified atom stereocenters. The van der Waals surface area contributed by atoms with E-state index in [1.807, 2.05) is 41.8 Å². The van der Waals surface area contributed by atoms with Gasteiger partial charge in [-0.25, -0.2) is 4.79 Å². The van der Waals surface area contributed by atoms with E-state index in [9.17, 15) is 9.59 Å². The first-order chi connectivity index (χ1) is 12.0. The van der Waals surface area contributed by atoms with Gasteiger partial charge in [0.25, 0.3) is 0 Å². The number of methoxy groups -OCH3 is 1. The van der Waals surface area contributed by atoms with Crippen molar-refractivity contribution < 1.29 is 14.3 Å². The topological polar surface area (TPSA) is 60.3 Å². The maximum absolute atomic E-state index is 12.4. The Labute approximate surface area is 150 Å². The van der Waals surface area contributed by atoms with Crippen molar-refractivity contribution in [2.75, 3.05) is 12.4 Å². The molecule has 3 aromatic rings. The van der Waals surface area contributed by atoms with E-state index in [2.05, 4.69) is 10.1 Å². The van der Waals surface area contributed by atoms with E-state index in [1.165, 1.54) is 13.2 Å². The predicted molar refractivity (Wildman–Crippen MR) is 98.1 cm³/mol. The summed E-state index contributed by atoms with van der Waals surface area (Å²) in [5.41, 5.74) is 2.71. The number of hydrogen-bond donors (Lipinski definition) is 1. The van der Waals surface area contributed by atoms with Gasteiger partial charge in [0.1, 0.15) is 6.54 Å². The van der Waals surface area contributed by atoms with Crippen LogP contribution in [-0.2, 0) is 16.1 Å². The molecule has 0 aliphatic carbocycles. The Morgan fingerprint density at radius 2 is 1.92 bits per heavy atom. The molecule has 6 heteroatoms. The Morgan fingerprint density at radius 1 is 1.16 bits per heavy atom. The molecule has 0 fully saturated rings. The number of fused-ring (bicyclic) bond motifs is 1. The fraction of sp³-hybridized carbons (Fsp3) is 0.158. The number of rotatable bonds is 4. The number of aromatic nitrogens is 1. The van der Waals surface area contributed by atoms with Crippen LogP contribution in [0.1, 0.15) is 16.1 Å². The number of benzene rings is 2. The van der Waals surface area contributed by atoms with Gasteiger partial charge in [-0.1, -0.05) is 29.8 Å². The lowest BCUT2D eigenvalue weighted by molar-refractivity contribution is -0.116. The first kappa shape index (κ1) is 17.0. The summed E-state index contributed by atoms with van der Waals surface area (Å²) in [5, 5.41) is 4.16. The first-order valence-electron chi connectivity index (χ1n) is 7.72. The van der Waals surface area contributed by atoms with E-state index in [4.69, 9.17) is 11.6 Å². The van der Waals surface area contributed by atoms with Crippen molar-refractivity contribution in [3.8, 4) is 0 Å². The van der Waals surface area contributed by atoms with Crippen molar-refractivity contribution in [1.82, 2.24) is 4.57 Å². The van der Waals surface area contributed by atoms with Gasteiger partial charge in [0.2, 0.25) is 5.91 Å². The van der Waals surface area contributed by atoms with Gasteiger partial charge in [-0.15, -0.1) is 0 Å². The van der Waals surface area contributed by atoms with Gasteiger partial charge >= 0.3 is 5.97 Å². The number of nitrogens with zero attached hydrogens (tertiary/aromatic N) is 1. The zero-order chi connectivity index (χ0) is 18.0. The predicted octanol–water partition coefficient (Wildman–Crippen LogP) is 4.03. The summed E-state index contributed by atoms with van der Waals surface area (Å²) in [5.74, 6) is -0.740. The van der Waals surface area contributed by atoms with Gasteiger partial charge in [-0.2, -0.15) is 0 Å². The van der Waals surface area contributed by atoms with Crippen LogP contribution in [0.15, 0.2) is 48.5 Å². The van der Waals surface area contributed by atoms with E-state index < -0.39 is 5.97 Å². The normalized spacial score (nSPS) is 10.7. The minimum Gasteiger partial charge on any atom is -0.465 e. The van der Waals surface area contributed by atoms with E-state index >= 15 is 0 Å². The third-order valence-corrected chi connectivity index (χ3v) is 4.30. The van der Waals surface area contributed by atoms with Crippen molar-refractivity contribution in [3.63, 3.8) is 0 Å². The van der Waals surface area contributed by atoms with Crippen molar-refractivity contribution in [2.45, 2.75) is 13.5 Å². The maximum Gasteiger partial charge on any atom is 0.339 e. The number of hydrogen-bond acceptors (Lipinski definition) is 3. The Balaban J connectivity index is 1.81. The number of ether oxygens (including phenoxy) is 1. The molecule has 0 aliphatic heterocycles. The van der Waals surface area contributed by atoms with Crippen LogP contribution in [-0.4, -0.2) is 23.6 Å². The molecule has 128 valence electrons. The van der Waals surface area contributed by atoms with E-state index in [0.29, 0.717) is 5.69 Å². The summed E-state index contributed by atoms with van der Waals surface area (Å²) in [7, 11) is 1.28. The lowest BCUT2D eigenvalue weighted by atomic mass is 10.2. The number of halogens is 1. The molecule has 0 saturated heterocycles. The average molecular weight is 357 g/mol. The maximum atomic E-state index is 12.4. The standard InChI is InChI=1S/C19H17ClN2O3/c1-12-9-13-5-3-4-6-17(13)22(12)11-18(23)21-14-7-8-16(20)15(10-14)19(24)25-2/h3-10H,11H2,1-2H3,(H,21,23). The number of carbonyl (C=O) groups excluding carboxylic acids is 2. The number of esters is 1. The fourth-order valence-corrected chi connectivity index (χ4v) is 2.97. The number of amides is 1. The second-order valence-corrected chi connectivity index (χ2v) is 6.07. The third-order valence-electron chi connectivity index (χ3n) is 3.97. The van der Waals surface area contributed by atoms with Crippen molar-refractivity contribution in [3.05, 3.63) is 64.8 Å². The highest BCUT2D eigenvalue weighted by molar-refractivity contribution is 6.33. The second-order valence-electron chi connectivity index (χ2n) is 5.67. The number of nitrogens with one attached hydrogen (secondary N) is 1. The van der Waals surface area contributed by atoms with Crippen LogP contribution in [0.4, 0.5) is 5.69 Å². The number of aryl methyl sites for hydroxylation is 1. The Hall–Kier alpha value is -2.79. The molecule has 0 saturated carbocycles. The van der Waals surface area contributed by atoms with Crippen LogP contribution in [0.2, 0.25) is 5.02 Å². The highest BCUT2D eigenvalue weighted by atomic mass is 35.5. The van der Waals surface area contributed by atoms with Crippen molar-refractivity contribution in [1.29, 1.82) is 0 Å². The van der Waals surface area contributed by atoms with E-state index in [-0.39, 0.29) is 23.0 Å². The quantitative estimate of drug-likeness (QED) is 0.718. The lowest BCUT2D eigenvalue weighted by Gasteiger charge is -2.11. The van der Waals surface area contributed by atoms with Gasteiger partial charge in [0.15, 0.2) is 0 Å². The summed E-state index contributed by atoms with van der Waals surface area (Å²) >= 11 is 5.99. The van der Waals surface area contributed by atoms with Crippen molar-refractivity contribution >= 4 is 40.1 Å². The van der Waals surface area contributed by atoms with Crippen molar-refractivity contribution in [2.24, 2.45) is 0 Å². The molecular formula is C19H17ClN2O3. The summed E-state index contributed by atoms with van der Waals surface area (Å²) in [6, 6.07) is 14.7. The molecule has 0 spiro atoms. The molecule has 1 amide bonds. The van der Waals surface area contributed by atoms with Crippen LogP contribution < -0.4 is 5.32 Å². The molecular weight excluding hydrogens is 340 g/mol. The van der Waals surface area contributed by atoms with Crippen LogP contribution in [0.3, 0.4) is 0 Å². The minimum absolute atomic E-state index is 0.176. The largest absolute Gasteiger partial charge is 0.465 e. The first-order valence-corrected chi connectivity index (χ1v) is 8.10. The van der Waals surface area contributed by atoms with Gasteiger partial charge < -0.3 is 14.6 Å². The summed E-state index contributed by atoms with van der Waals surface area (Å²) < 4.78 is 6.63. The smallest absolute Gasteiger partial charge is 0.339 e. The second kappa shape index (κ2) is 6.99. The van der Waals surface area contributed by atoms with Gasteiger partial charge in [-0.3, -0.25) is 4.79 Å². The van der Waals surface area contributed by atoms with Gasteiger partial charge in [0, 0.05) is 16.9 Å². The molecule has 0 atom stereocenters. The van der Waals surface area contributed by atoms with Crippen LogP contribution in [0.5, 0.6) is 0 Å². The zero-order valence-corrected chi connectivity index (χ0v) is 14.6. The third kappa shape index (κ3) is 3.51. The molecule has 0 bridgehead atoms. The molecule has 5 nitrogen and oxygen atoms in total. The summed E-state index contributed by atoms with van der Waals surface area (Å²) in [6.07, 6.45) is 0. The van der Waals surface area contributed by atoms with E-state index in [0.717, 1.165) is 16.6 Å². The monoisotopic (exact) mass is 356 g/mol. The molecule has 25 heavy (non-hydrogen) atoms. The average Bonchev–Trinajstić information content (AvgIpc) is 2.91. The fourth-order valence-electron chi connectivity index (χ4n) is 2.77. The van der Waals surface area contributed by atoms with Gasteiger partial charge in [0.05, 0.1) is 17.7 Å². The van der Waals surface area contributed by atoms with E-state index in [1.54, 1.807) is 12.1 Å². The Kier molecular flexibility index (Phi) is 4.76. The summed E-state index contributed by atoms with van der Waals surface area (Å²) in [6.45, 7) is 2.14. The lowest BCUT2D eigenvalue weighted by Crippen LogP contribution is -2.19. The molecule has 1 aromatic heterocycles. The molecule has 0 radical (unpaired) electrons.